The lowest BCUT2D eigenvalue weighted by molar-refractivity contribution is -0.122. The van der Waals surface area contributed by atoms with Gasteiger partial charge < -0.3 is 14.6 Å². The third kappa shape index (κ3) is 4.29. The van der Waals surface area contributed by atoms with Crippen molar-refractivity contribution in [1.29, 1.82) is 0 Å². The van der Waals surface area contributed by atoms with Crippen LogP contribution >= 0.6 is 11.3 Å². The number of esters is 1. The Kier molecular flexibility index (Phi) is 6.39. The van der Waals surface area contributed by atoms with Crippen molar-refractivity contribution in [3.63, 3.8) is 0 Å². The van der Waals surface area contributed by atoms with Gasteiger partial charge in [-0.2, -0.15) is 0 Å². The van der Waals surface area contributed by atoms with Crippen molar-refractivity contribution in [1.82, 2.24) is 9.88 Å². The van der Waals surface area contributed by atoms with Crippen molar-refractivity contribution >= 4 is 51.6 Å². The van der Waals surface area contributed by atoms with Crippen LogP contribution in [0.25, 0.3) is 10.9 Å². The molecule has 4 aromatic rings. The van der Waals surface area contributed by atoms with Crippen molar-refractivity contribution in [3.8, 4) is 0 Å². The van der Waals surface area contributed by atoms with E-state index in [1.54, 1.807) is 12.1 Å². The van der Waals surface area contributed by atoms with Crippen LogP contribution < -0.4 is 4.90 Å². The normalized spacial score (nSPS) is 15.5. The molecule has 3 amide bonds. The Bertz CT molecular complexity index is 1440. The van der Waals surface area contributed by atoms with Crippen LogP contribution in [0.3, 0.4) is 0 Å². The van der Waals surface area contributed by atoms with Gasteiger partial charge in [0.25, 0.3) is 11.8 Å². The van der Waals surface area contributed by atoms with Crippen LogP contribution in [0.1, 0.15) is 32.0 Å². The quantitative estimate of drug-likeness (QED) is 0.304. The number of anilines is 1. The number of rotatable bonds is 7. The number of benzene rings is 2. The number of ether oxygens (including phenoxy) is 1. The van der Waals surface area contributed by atoms with Crippen LogP contribution in [0, 0.1) is 0 Å². The largest absolute Gasteiger partial charge is 0.465 e. The molecule has 182 valence electrons. The third-order valence-corrected chi connectivity index (χ3v) is 7.19. The van der Waals surface area contributed by atoms with Gasteiger partial charge in [-0.25, -0.2) is 9.69 Å². The van der Waals surface area contributed by atoms with E-state index in [1.165, 1.54) is 47.6 Å². The fourth-order valence-electron chi connectivity index (χ4n) is 4.52. The molecule has 1 unspecified atom stereocenters. The molecule has 1 fully saturated rings. The van der Waals surface area contributed by atoms with Crippen LogP contribution in [0.2, 0.25) is 0 Å². The minimum absolute atomic E-state index is 0.109. The Morgan fingerprint density at radius 2 is 1.86 bits per heavy atom. The van der Waals surface area contributed by atoms with Crippen LogP contribution in [-0.4, -0.2) is 53.3 Å². The van der Waals surface area contributed by atoms with E-state index in [-0.39, 0.29) is 18.9 Å². The van der Waals surface area contributed by atoms with Gasteiger partial charge in [-0.15, -0.1) is 11.3 Å². The predicted octanol–water partition coefficient (Wildman–Crippen LogP) is 4.03. The van der Waals surface area contributed by atoms with E-state index in [1.807, 2.05) is 35.8 Å². The minimum Gasteiger partial charge on any atom is -0.465 e. The number of nitrogens with one attached hydrogen (secondary N) is 1. The molecule has 5 rings (SSSR count). The summed E-state index contributed by atoms with van der Waals surface area (Å²) in [5, 5.41) is 2.86. The summed E-state index contributed by atoms with van der Waals surface area (Å²) in [7, 11) is 1.28. The zero-order valence-corrected chi connectivity index (χ0v) is 20.3. The van der Waals surface area contributed by atoms with Crippen LogP contribution in [0.15, 0.2) is 72.2 Å². The molecule has 1 aliphatic heterocycles. The molecule has 3 heterocycles. The molecule has 0 aliphatic carbocycles. The second-order valence-corrected chi connectivity index (χ2v) is 9.36. The first-order valence-corrected chi connectivity index (χ1v) is 12.3. The zero-order chi connectivity index (χ0) is 25.2. The number of thiophene rings is 1. The lowest BCUT2D eigenvalue weighted by Crippen LogP contribution is -2.46. The summed E-state index contributed by atoms with van der Waals surface area (Å²) >= 11 is 1.30. The first-order chi connectivity index (χ1) is 17.5. The van der Waals surface area contributed by atoms with Crippen LogP contribution in [-0.2, 0) is 20.7 Å². The number of methoxy groups -OCH3 is 1. The summed E-state index contributed by atoms with van der Waals surface area (Å²) in [6, 6.07) is 16.5. The Hall–Kier alpha value is -4.24. The molecule has 2 aromatic carbocycles. The Morgan fingerprint density at radius 1 is 1.08 bits per heavy atom. The van der Waals surface area contributed by atoms with Crippen molar-refractivity contribution in [2.24, 2.45) is 0 Å². The molecule has 8 nitrogen and oxygen atoms in total. The zero-order valence-electron chi connectivity index (χ0n) is 19.5. The maximum atomic E-state index is 13.5. The molecule has 0 saturated carbocycles. The molecular formula is C27H23N3O5S. The molecule has 36 heavy (non-hydrogen) atoms. The number of imide groups is 1. The summed E-state index contributed by atoms with van der Waals surface area (Å²) in [6.45, 7) is 0.275. The van der Waals surface area contributed by atoms with Gasteiger partial charge >= 0.3 is 5.97 Å². The number of hydrogen-bond acceptors (Lipinski definition) is 6. The average Bonchev–Trinajstić information content (AvgIpc) is 3.64. The summed E-state index contributed by atoms with van der Waals surface area (Å²) in [4.78, 5) is 58.0. The van der Waals surface area contributed by atoms with Crippen molar-refractivity contribution in [2.45, 2.75) is 18.9 Å². The number of nitrogens with zero attached hydrogens (tertiary/aromatic N) is 2. The summed E-state index contributed by atoms with van der Waals surface area (Å²) < 4.78 is 4.71. The predicted molar refractivity (Wildman–Crippen MR) is 136 cm³/mol. The van der Waals surface area contributed by atoms with Gasteiger partial charge in [0.1, 0.15) is 6.04 Å². The number of carbonyl (C=O) groups excluding carboxylic acids is 4. The highest BCUT2D eigenvalue weighted by Crippen LogP contribution is 2.28. The Balaban J connectivity index is 1.42. The molecule has 1 aliphatic rings. The molecule has 0 spiro atoms. The average molecular weight is 502 g/mol. The van der Waals surface area contributed by atoms with E-state index in [2.05, 4.69) is 4.98 Å². The fraction of sp³-hybridized carbons (Fsp3) is 0.185. The summed E-state index contributed by atoms with van der Waals surface area (Å²) in [5.74, 6) is -1.65. The van der Waals surface area contributed by atoms with E-state index in [0.717, 1.165) is 21.4 Å². The molecule has 2 aromatic heterocycles. The van der Waals surface area contributed by atoms with E-state index in [9.17, 15) is 19.2 Å². The first-order valence-electron chi connectivity index (χ1n) is 11.4. The highest BCUT2D eigenvalue weighted by atomic mass is 32.1. The van der Waals surface area contributed by atoms with Crippen molar-refractivity contribution < 1.29 is 23.9 Å². The number of para-hydroxylation sites is 1. The number of hydrogen-bond donors (Lipinski definition) is 1. The van der Waals surface area contributed by atoms with E-state index >= 15 is 0 Å². The van der Waals surface area contributed by atoms with Gasteiger partial charge in [0.15, 0.2) is 0 Å². The molecule has 1 saturated heterocycles. The SMILES string of the molecule is COC(=O)c1ccc(N2C(=O)CC(N(CCc3c[nH]c4ccccc34)C(=O)c3cccs3)C2=O)cc1. The molecular weight excluding hydrogens is 478 g/mol. The highest BCUT2D eigenvalue weighted by Gasteiger charge is 2.44. The Labute approximate surface area is 211 Å². The van der Waals surface area contributed by atoms with Crippen LogP contribution in [0.5, 0.6) is 0 Å². The number of aromatic nitrogens is 1. The highest BCUT2D eigenvalue weighted by molar-refractivity contribution is 7.12. The smallest absolute Gasteiger partial charge is 0.337 e. The summed E-state index contributed by atoms with van der Waals surface area (Å²) in [5.41, 5.74) is 2.68. The Morgan fingerprint density at radius 3 is 2.58 bits per heavy atom. The number of aromatic amines is 1. The first kappa shape index (κ1) is 23.5. The van der Waals surface area contributed by atoms with E-state index in [4.69, 9.17) is 4.74 Å². The lowest BCUT2D eigenvalue weighted by atomic mass is 10.1. The van der Waals surface area contributed by atoms with Crippen molar-refractivity contribution in [3.05, 3.63) is 88.2 Å². The number of H-pyrrole nitrogens is 1. The van der Waals surface area contributed by atoms with Gasteiger partial charge in [-0.05, 0) is 53.8 Å². The van der Waals surface area contributed by atoms with E-state index < -0.39 is 23.8 Å². The standard InChI is InChI=1S/C27H23N3O5S/c1-35-27(34)17-8-10-19(11-9-17)30-24(31)15-22(25(30)32)29(26(33)23-7-4-14-36-23)13-12-18-16-28-21-6-3-2-5-20(18)21/h2-11,14,16,22,28H,12-13,15H2,1H3. The maximum Gasteiger partial charge on any atom is 0.337 e. The topological polar surface area (TPSA) is 99.8 Å². The van der Waals surface area contributed by atoms with E-state index in [0.29, 0.717) is 22.5 Å². The number of amides is 3. The van der Waals surface area contributed by atoms with Gasteiger partial charge in [0.2, 0.25) is 5.91 Å². The molecule has 1 N–H and O–H groups in total. The minimum atomic E-state index is -0.919. The second-order valence-electron chi connectivity index (χ2n) is 8.41. The van der Waals surface area contributed by atoms with Crippen molar-refractivity contribution in [2.75, 3.05) is 18.6 Å². The number of carbonyl (C=O) groups is 4. The van der Waals surface area contributed by atoms with Crippen LogP contribution in [0.4, 0.5) is 5.69 Å². The molecule has 0 bridgehead atoms. The monoisotopic (exact) mass is 501 g/mol. The fourth-order valence-corrected chi connectivity index (χ4v) is 5.19. The number of fused-ring (bicyclic) bond motifs is 1. The van der Waals surface area contributed by atoms with Gasteiger partial charge in [-0.3, -0.25) is 14.4 Å². The molecule has 9 heteroatoms. The third-order valence-electron chi connectivity index (χ3n) is 6.34. The maximum absolute atomic E-state index is 13.5. The molecule has 0 radical (unpaired) electrons. The molecule has 1 atom stereocenters. The second kappa shape index (κ2) is 9.79. The summed E-state index contributed by atoms with van der Waals surface area (Å²) in [6.07, 6.45) is 2.32. The van der Waals surface area contributed by atoms with Gasteiger partial charge in [0.05, 0.1) is 29.7 Å². The lowest BCUT2D eigenvalue weighted by Gasteiger charge is -2.27. The van der Waals surface area contributed by atoms with Gasteiger partial charge in [0, 0.05) is 23.6 Å². The van der Waals surface area contributed by atoms with Gasteiger partial charge in [-0.1, -0.05) is 24.3 Å².